The van der Waals surface area contributed by atoms with Gasteiger partial charge in [-0.1, -0.05) is 18.5 Å². The van der Waals surface area contributed by atoms with Crippen LogP contribution in [-0.2, 0) is 11.2 Å². The summed E-state index contributed by atoms with van der Waals surface area (Å²) in [5, 5.41) is 0.711. The van der Waals surface area contributed by atoms with Crippen molar-refractivity contribution in [1.29, 1.82) is 0 Å². The summed E-state index contributed by atoms with van der Waals surface area (Å²) in [6.07, 6.45) is 6.43. The number of nitrogens with zero attached hydrogens (tertiary/aromatic N) is 3. The number of aryl methyl sites for hydroxylation is 1. The van der Waals surface area contributed by atoms with Crippen molar-refractivity contribution in [3.05, 3.63) is 47.5 Å². The summed E-state index contributed by atoms with van der Waals surface area (Å²) >= 11 is 5.89. The van der Waals surface area contributed by atoms with Gasteiger partial charge < -0.3 is 14.2 Å². The van der Waals surface area contributed by atoms with Crippen molar-refractivity contribution >= 4 is 17.5 Å². The van der Waals surface area contributed by atoms with Crippen LogP contribution in [0.25, 0.3) is 0 Å². The zero-order chi connectivity index (χ0) is 18.5. The topological polar surface area (TPSA) is 47.4 Å². The third kappa shape index (κ3) is 4.39. The number of hydrogen-bond acceptors (Lipinski definition) is 3. The molecule has 2 heterocycles. The molecule has 2 aromatic rings. The van der Waals surface area contributed by atoms with Gasteiger partial charge in [0.15, 0.2) is 0 Å². The number of carbonyl (C=O) groups excluding carboxylic acids is 1. The van der Waals surface area contributed by atoms with Crippen LogP contribution in [-0.4, -0.2) is 40.1 Å². The second-order valence-electron chi connectivity index (χ2n) is 6.81. The number of amides is 1. The SMILES string of the molecule is CCc1nccn1C(C)C(=O)N1CCC(COc2ccc(Cl)cc2)CC1. The Hall–Kier alpha value is -2.01. The lowest BCUT2D eigenvalue weighted by Gasteiger charge is -2.34. The normalized spacial score (nSPS) is 16.5. The molecule has 1 aliphatic rings. The van der Waals surface area contributed by atoms with Crippen LogP contribution in [0.1, 0.15) is 38.6 Å². The molecule has 6 heteroatoms. The Kier molecular flexibility index (Phi) is 6.20. The highest BCUT2D eigenvalue weighted by atomic mass is 35.5. The maximum Gasteiger partial charge on any atom is 0.245 e. The molecule has 140 valence electrons. The Balaban J connectivity index is 1.48. The number of aromatic nitrogens is 2. The van der Waals surface area contributed by atoms with E-state index in [0.29, 0.717) is 17.5 Å². The average molecular weight is 376 g/mol. The number of rotatable bonds is 6. The summed E-state index contributed by atoms with van der Waals surface area (Å²) < 4.78 is 7.84. The third-order valence-corrected chi connectivity index (χ3v) is 5.32. The number of hydrogen-bond donors (Lipinski definition) is 0. The summed E-state index contributed by atoms with van der Waals surface area (Å²) in [7, 11) is 0. The van der Waals surface area contributed by atoms with E-state index < -0.39 is 0 Å². The molecule has 5 nitrogen and oxygen atoms in total. The van der Waals surface area contributed by atoms with Gasteiger partial charge in [-0.3, -0.25) is 4.79 Å². The van der Waals surface area contributed by atoms with Gasteiger partial charge in [0.25, 0.3) is 0 Å². The van der Waals surface area contributed by atoms with Crippen LogP contribution in [0.15, 0.2) is 36.7 Å². The van der Waals surface area contributed by atoms with Crippen molar-refractivity contribution < 1.29 is 9.53 Å². The van der Waals surface area contributed by atoms with Gasteiger partial charge >= 0.3 is 0 Å². The summed E-state index contributed by atoms with van der Waals surface area (Å²) in [6, 6.07) is 7.24. The van der Waals surface area contributed by atoms with Crippen LogP contribution in [0.3, 0.4) is 0 Å². The van der Waals surface area contributed by atoms with Gasteiger partial charge in [-0.2, -0.15) is 0 Å². The molecule has 0 N–H and O–H groups in total. The Morgan fingerprint density at radius 1 is 1.31 bits per heavy atom. The fraction of sp³-hybridized carbons (Fsp3) is 0.500. The minimum Gasteiger partial charge on any atom is -0.493 e. The standard InChI is InChI=1S/C20H26ClN3O2/c1-3-19-22-10-13-24(19)15(2)20(25)23-11-8-16(9-12-23)14-26-18-6-4-17(21)5-7-18/h4-7,10,13,15-16H,3,8-9,11-12,14H2,1-2H3. The van der Waals surface area contributed by atoms with Gasteiger partial charge in [0.05, 0.1) is 6.61 Å². The number of benzene rings is 1. The van der Waals surface area contributed by atoms with Crippen LogP contribution in [0.5, 0.6) is 5.75 Å². The predicted octanol–water partition coefficient (Wildman–Crippen LogP) is 3.98. The van der Waals surface area contributed by atoms with Gasteiger partial charge in [-0.25, -0.2) is 4.98 Å². The zero-order valence-electron chi connectivity index (χ0n) is 15.4. The summed E-state index contributed by atoms with van der Waals surface area (Å²) in [6.45, 7) is 6.27. The monoisotopic (exact) mass is 375 g/mol. The Bertz CT molecular complexity index is 721. The molecule has 0 spiro atoms. The van der Waals surface area contributed by atoms with Crippen LogP contribution >= 0.6 is 11.6 Å². The number of likely N-dealkylation sites (tertiary alicyclic amines) is 1. The minimum absolute atomic E-state index is 0.176. The molecular formula is C20H26ClN3O2. The fourth-order valence-electron chi connectivity index (χ4n) is 3.42. The van der Waals surface area contributed by atoms with Gasteiger partial charge in [0.1, 0.15) is 17.6 Å². The Morgan fingerprint density at radius 3 is 2.65 bits per heavy atom. The highest BCUT2D eigenvalue weighted by molar-refractivity contribution is 6.30. The van der Waals surface area contributed by atoms with E-state index in [4.69, 9.17) is 16.3 Å². The van der Waals surface area contributed by atoms with Crippen LogP contribution in [0.4, 0.5) is 0 Å². The number of halogens is 1. The molecule has 0 bridgehead atoms. The molecule has 1 aliphatic heterocycles. The number of piperidine rings is 1. The smallest absolute Gasteiger partial charge is 0.245 e. The maximum absolute atomic E-state index is 12.8. The molecule has 1 atom stereocenters. The van der Waals surface area contributed by atoms with Crippen LogP contribution in [0.2, 0.25) is 5.02 Å². The second kappa shape index (κ2) is 8.58. The van der Waals surface area contributed by atoms with E-state index in [0.717, 1.165) is 43.9 Å². The van der Waals surface area contributed by atoms with Gasteiger partial charge in [0.2, 0.25) is 5.91 Å². The second-order valence-corrected chi connectivity index (χ2v) is 7.25. The highest BCUT2D eigenvalue weighted by Crippen LogP contribution is 2.23. The van der Waals surface area contributed by atoms with Gasteiger partial charge in [-0.05, 0) is 49.9 Å². The minimum atomic E-state index is -0.200. The lowest BCUT2D eigenvalue weighted by Crippen LogP contribution is -2.42. The quantitative estimate of drug-likeness (QED) is 0.767. The van der Waals surface area contributed by atoms with Gasteiger partial charge in [0, 0.05) is 36.9 Å². The van der Waals surface area contributed by atoms with Crippen LogP contribution in [0, 0.1) is 5.92 Å². The van der Waals surface area contributed by atoms with E-state index in [2.05, 4.69) is 11.9 Å². The first-order chi connectivity index (χ1) is 12.6. The van der Waals surface area contributed by atoms with E-state index >= 15 is 0 Å². The molecule has 1 unspecified atom stereocenters. The maximum atomic E-state index is 12.8. The largest absolute Gasteiger partial charge is 0.493 e. The Labute approximate surface area is 159 Å². The van der Waals surface area contributed by atoms with E-state index in [1.54, 1.807) is 6.20 Å². The summed E-state index contributed by atoms with van der Waals surface area (Å²) in [4.78, 5) is 19.1. The van der Waals surface area contributed by atoms with E-state index in [1.165, 1.54) is 0 Å². The third-order valence-electron chi connectivity index (χ3n) is 5.07. The van der Waals surface area contributed by atoms with Crippen LogP contribution < -0.4 is 4.74 Å². The summed E-state index contributed by atoms with van der Waals surface area (Å²) in [5.41, 5.74) is 0. The van der Waals surface area contributed by atoms with Crippen molar-refractivity contribution in [3.63, 3.8) is 0 Å². The molecule has 1 aromatic heterocycles. The van der Waals surface area contributed by atoms with E-state index in [9.17, 15) is 4.79 Å². The lowest BCUT2D eigenvalue weighted by molar-refractivity contribution is -0.135. The summed E-state index contributed by atoms with van der Waals surface area (Å²) in [5.74, 6) is 2.45. The number of carbonyl (C=O) groups is 1. The number of ether oxygens (including phenoxy) is 1. The fourth-order valence-corrected chi connectivity index (χ4v) is 3.54. The number of imidazole rings is 1. The van der Waals surface area contributed by atoms with E-state index in [-0.39, 0.29) is 11.9 Å². The van der Waals surface area contributed by atoms with E-state index in [1.807, 2.05) is 46.9 Å². The van der Waals surface area contributed by atoms with Crippen molar-refractivity contribution in [2.75, 3.05) is 19.7 Å². The van der Waals surface area contributed by atoms with Crippen molar-refractivity contribution in [3.8, 4) is 5.75 Å². The molecule has 26 heavy (non-hydrogen) atoms. The predicted molar refractivity (Wildman–Crippen MR) is 103 cm³/mol. The van der Waals surface area contributed by atoms with Crippen molar-refractivity contribution in [2.45, 2.75) is 39.2 Å². The molecule has 3 rings (SSSR count). The molecule has 0 radical (unpaired) electrons. The first-order valence-corrected chi connectivity index (χ1v) is 9.65. The van der Waals surface area contributed by atoms with Crippen molar-refractivity contribution in [2.24, 2.45) is 5.92 Å². The Morgan fingerprint density at radius 2 is 2.00 bits per heavy atom. The first kappa shape index (κ1) is 18.8. The molecule has 1 fully saturated rings. The molecule has 1 aromatic carbocycles. The average Bonchev–Trinajstić information content (AvgIpc) is 3.15. The van der Waals surface area contributed by atoms with Gasteiger partial charge in [-0.15, -0.1) is 0 Å². The highest BCUT2D eigenvalue weighted by Gasteiger charge is 2.27. The lowest BCUT2D eigenvalue weighted by atomic mass is 9.97. The molecule has 1 amide bonds. The first-order valence-electron chi connectivity index (χ1n) is 9.27. The molecule has 0 saturated carbocycles. The molecular weight excluding hydrogens is 350 g/mol. The molecule has 1 saturated heterocycles. The zero-order valence-corrected chi connectivity index (χ0v) is 16.2. The van der Waals surface area contributed by atoms with Crippen molar-refractivity contribution in [1.82, 2.24) is 14.5 Å². The molecule has 0 aliphatic carbocycles.